The van der Waals surface area contributed by atoms with Crippen LogP contribution in [0.4, 0.5) is 10.5 Å². The van der Waals surface area contributed by atoms with Gasteiger partial charge < -0.3 is 14.8 Å². The lowest BCUT2D eigenvalue weighted by Crippen LogP contribution is -2.52. The third kappa shape index (κ3) is 3.47. The fourth-order valence-corrected chi connectivity index (χ4v) is 2.91. The highest BCUT2D eigenvalue weighted by Crippen LogP contribution is 2.24. The van der Waals surface area contributed by atoms with Crippen LogP contribution < -0.4 is 5.32 Å². The van der Waals surface area contributed by atoms with E-state index in [2.05, 4.69) is 33.9 Å². The first-order chi connectivity index (χ1) is 11.0. The van der Waals surface area contributed by atoms with Gasteiger partial charge in [-0.05, 0) is 26.0 Å². The maximum Gasteiger partial charge on any atom is 0.321 e. The summed E-state index contributed by atoms with van der Waals surface area (Å²) in [6, 6.07) is 7.47. The number of urea groups is 1. The molecule has 2 heterocycles. The van der Waals surface area contributed by atoms with Crippen LogP contribution in [-0.2, 0) is 6.42 Å². The van der Waals surface area contributed by atoms with E-state index >= 15 is 0 Å². The van der Waals surface area contributed by atoms with Gasteiger partial charge >= 0.3 is 6.03 Å². The molecule has 1 N–H and O–H groups in total. The van der Waals surface area contributed by atoms with Crippen molar-refractivity contribution in [3.05, 3.63) is 41.4 Å². The minimum absolute atomic E-state index is 0.111. The van der Waals surface area contributed by atoms with Gasteiger partial charge in [0.1, 0.15) is 12.2 Å². The van der Waals surface area contributed by atoms with Crippen molar-refractivity contribution < 1.29 is 4.79 Å². The van der Waals surface area contributed by atoms with Crippen LogP contribution in [0.5, 0.6) is 0 Å². The molecule has 23 heavy (non-hydrogen) atoms. The Morgan fingerprint density at radius 3 is 2.83 bits per heavy atom. The molecule has 1 aliphatic rings. The van der Waals surface area contributed by atoms with E-state index in [1.165, 1.54) is 0 Å². The van der Waals surface area contributed by atoms with Crippen molar-refractivity contribution >= 4 is 23.3 Å². The third-order valence-corrected chi connectivity index (χ3v) is 4.36. The number of para-hydroxylation sites is 1. The van der Waals surface area contributed by atoms with Gasteiger partial charge in [0.05, 0.1) is 10.7 Å². The number of amides is 2. The van der Waals surface area contributed by atoms with Gasteiger partial charge in [0, 0.05) is 31.5 Å². The molecule has 1 saturated heterocycles. The first kappa shape index (κ1) is 15.8. The molecule has 122 valence electrons. The zero-order chi connectivity index (χ0) is 16.4. The maximum atomic E-state index is 12.2. The molecule has 0 aliphatic carbocycles. The molecule has 0 bridgehead atoms. The highest BCUT2D eigenvalue weighted by atomic mass is 35.5. The van der Waals surface area contributed by atoms with Crippen LogP contribution >= 0.6 is 11.6 Å². The lowest BCUT2D eigenvalue weighted by atomic mass is 9.96. The van der Waals surface area contributed by atoms with Gasteiger partial charge in [-0.1, -0.05) is 23.7 Å². The van der Waals surface area contributed by atoms with Gasteiger partial charge in [-0.15, -0.1) is 10.2 Å². The molecule has 2 amide bonds. The number of hydrogen-bond acceptors (Lipinski definition) is 3. The number of nitrogens with zero attached hydrogens (tertiary/aromatic N) is 4. The van der Waals surface area contributed by atoms with Crippen LogP contribution in [0.2, 0.25) is 5.02 Å². The molecule has 0 radical (unpaired) electrons. The number of rotatable bonds is 4. The summed E-state index contributed by atoms with van der Waals surface area (Å²) in [6.07, 6.45) is 2.61. The molecule has 1 aliphatic heterocycles. The molecule has 1 aromatic carbocycles. The van der Waals surface area contributed by atoms with Crippen molar-refractivity contribution in [1.29, 1.82) is 0 Å². The predicted octanol–water partition coefficient (Wildman–Crippen LogP) is 3.22. The summed E-state index contributed by atoms with van der Waals surface area (Å²) in [4.78, 5) is 14.0. The van der Waals surface area contributed by atoms with Gasteiger partial charge in [0.2, 0.25) is 0 Å². The average molecular weight is 334 g/mol. The number of carbonyl (C=O) groups is 1. The van der Waals surface area contributed by atoms with Gasteiger partial charge in [-0.3, -0.25) is 0 Å². The monoisotopic (exact) mass is 333 g/mol. The number of aromatic nitrogens is 3. The molecule has 1 aromatic heterocycles. The summed E-state index contributed by atoms with van der Waals surface area (Å²) in [5.41, 5.74) is 0.641. The highest BCUT2D eigenvalue weighted by Gasteiger charge is 2.32. The SMILES string of the molecule is CC(C)n1cnnc1CC1CN(C(=O)Nc2ccccc2Cl)C1. The largest absolute Gasteiger partial charge is 0.324 e. The molecule has 3 rings (SSSR count). The van der Waals surface area contributed by atoms with Crippen LogP contribution in [0.1, 0.15) is 25.7 Å². The maximum absolute atomic E-state index is 12.2. The summed E-state index contributed by atoms with van der Waals surface area (Å²) >= 11 is 6.05. The normalized spacial score (nSPS) is 14.9. The highest BCUT2D eigenvalue weighted by molar-refractivity contribution is 6.33. The number of anilines is 1. The second kappa shape index (κ2) is 6.58. The molecule has 1 fully saturated rings. The second-order valence-corrected chi connectivity index (χ2v) is 6.54. The molecule has 6 nitrogen and oxygen atoms in total. The second-order valence-electron chi connectivity index (χ2n) is 6.13. The Hall–Kier alpha value is -2.08. The summed E-state index contributed by atoms with van der Waals surface area (Å²) in [6.45, 7) is 5.66. The van der Waals surface area contributed by atoms with E-state index in [1.807, 2.05) is 12.1 Å². The molecule has 2 aromatic rings. The Morgan fingerprint density at radius 1 is 1.39 bits per heavy atom. The van der Waals surface area contributed by atoms with Crippen molar-refractivity contribution in [2.24, 2.45) is 5.92 Å². The molecule has 0 spiro atoms. The fourth-order valence-electron chi connectivity index (χ4n) is 2.72. The van der Waals surface area contributed by atoms with Gasteiger partial charge in [0.15, 0.2) is 0 Å². The molecule has 7 heteroatoms. The molecule has 0 unspecified atom stereocenters. The number of halogens is 1. The number of hydrogen-bond donors (Lipinski definition) is 1. The van der Waals surface area contributed by atoms with E-state index in [0.717, 1.165) is 25.3 Å². The Morgan fingerprint density at radius 2 is 2.13 bits per heavy atom. The van der Waals surface area contributed by atoms with Crippen molar-refractivity contribution in [3.8, 4) is 0 Å². The first-order valence-corrected chi connectivity index (χ1v) is 8.11. The van der Waals surface area contributed by atoms with Crippen molar-refractivity contribution in [1.82, 2.24) is 19.7 Å². The minimum atomic E-state index is -0.111. The van der Waals surface area contributed by atoms with E-state index in [-0.39, 0.29) is 6.03 Å². The molecule has 0 saturated carbocycles. The quantitative estimate of drug-likeness (QED) is 0.934. The molecular formula is C16H20ClN5O. The number of benzene rings is 1. The first-order valence-electron chi connectivity index (χ1n) is 7.73. The van der Waals surface area contributed by atoms with E-state index in [0.29, 0.717) is 22.7 Å². The summed E-state index contributed by atoms with van der Waals surface area (Å²) in [5.74, 6) is 1.41. The van der Waals surface area contributed by atoms with E-state index < -0.39 is 0 Å². The Kier molecular flexibility index (Phi) is 4.52. The van der Waals surface area contributed by atoms with Crippen LogP contribution in [-0.4, -0.2) is 38.8 Å². The standard InChI is InChI=1S/C16H20ClN5O/c1-11(2)22-10-18-20-15(22)7-12-8-21(9-12)16(23)19-14-6-4-3-5-13(14)17/h3-6,10-12H,7-9H2,1-2H3,(H,19,23). The van der Waals surface area contributed by atoms with Crippen LogP contribution in [0, 0.1) is 5.92 Å². The molecule has 0 atom stereocenters. The lowest BCUT2D eigenvalue weighted by molar-refractivity contribution is 0.129. The molecular weight excluding hydrogens is 314 g/mol. The summed E-state index contributed by atoms with van der Waals surface area (Å²) in [5, 5.41) is 11.6. The number of carbonyl (C=O) groups excluding carboxylic acids is 1. The zero-order valence-electron chi connectivity index (χ0n) is 13.2. The van der Waals surface area contributed by atoms with Crippen molar-refractivity contribution in [3.63, 3.8) is 0 Å². The number of likely N-dealkylation sites (tertiary alicyclic amines) is 1. The van der Waals surface area contributed by atoms with Crippen LogP contribution in [0.15, 0.2) is 30.6 Å². The Balaban J connectivity index is 1.52. The lowest BCUT2D eigenvalue weighted by Gasteiger charge is -2.39. The van der Waals surface area contributed by atoms with Gasteiger partial charge in [-0.2, -0.15) is 0 Å². The Bertz CT molecular complexity index is 693. The summed E-state index contributed by atoms with van der Waals surface area (Å²) in [7, 11) is 0. The van der Waals surface area contributed by atoms with Gasteiger partial charge in [-0.25, -0.2) is 4.79 Å². The number of nitrogens with one attached hydrogen (secondary N) is 1. The van der Waals surface area contributed by atoms with Crippen molar-refractivity contribution in [2.75, 3.05) is 18.4 Å². The van der Waals surface area contributed by atoms with Gasteiger partial charge in [0.25, 0.3) is 0 Å². The van der Waals surface area contributed by atoms with Crippen LogP contribution in [0.25, 0.3) is 0 Å². The topological polar surface area (TPSA) is 63.1 Å². The smallest absolute Gasteiger partial charge is 0.321 e. The Labute approximate surface area is 140 Å². The minimum Gasteiger partial charge on any atom is -0.324 e. The van der Waals surface area contributed by atoms with E-state index in [9.17, 15) is 4.79 Å². The van der Waals surface area contributed by atoms with Crippen molar-refractivity contribution in [2.45, 2.75) is 26.3 Å². The summed E-state index contributed by atoms with van der Waals surface area (Å²) < 4.78 is 2.08. The average Bonchev–Trinajstić information content (AvgIpc) is 2.93. The van der Waals surface area contributed by atoms with Crippen LogP contribution in [0.3, 0.4) is 0 Å². The van der Waals surface area contributed by atoms with E-state index in [1.54, 1.807) is 23.4 Å². The van der Waals surface area contributed by atoms with E-state index in [4.69, 9.17) is 11.6 Å². The fraction of sp³-hybridized carbons (Fsp3) is 0.438. The zero-order valence-corrected chi connectivity index (χ0v) is 14.0. The third-order valence-electron chi connectivity index (χ3n) is 4.03. The predicted molar refractivity (Wildman–Crippen MR) is 89.6 cm³/mol.